The van der Waals surface area contributed by atoms with Crippen LogP contribution in [0.1, 0.15) is 0 Å². The Hall–Kier alpha value is -5.51. The number of aromatic nitrogens is 1. The highest BCUT2D eigenvalue weighted by Gasteiger charge is 2.18. The fraction of sp³-hybridized carbons (Fsp3) is 0. The molecule has 44 heavy (non-hydrogen) atoms. The van der Waals surface area contributed by atoms with Gasteiger partial charge < -0.3 is 4.90 Å². The van der Waals surface area contributed by atoms with E-state index in [-0.39, 0.29) is 0 Å². The predicted octanol–water partition coefficient (Wildman–Crippen LogP) is 12.0. The van der Waals surface area contributed by atoms with Crippen molar-refractivity contribution < 1.29 is 0 Å². The normalized spacial score (nSPS) is 11.6. The van der Waals surface area contributed by atoms with Crippen molar-refractivity contribution in [3.8, 4) is 11.1 Å². The summed E-state index contributed by atoms with van der Waals surface area (Å²) >= 11 is 1.83. The van der Waals surface area contributed by atoms with E-state index in [2.05, 4.69) is 155 Å². The molecule has 2 nitrogen and oxygen atoms in total. The fourth-order valence-corrected chi connectivity index (χ4v) is 7.76. The molecule has 0 N–H and O–H groups in total. The minimum atomic E-state index is 1.12. The van der Waals surface area contributed by atoms with Crippen LogP contribution in [0.3, 0.4) is 0 Å². The second-order valence-corrected chi connectivity index (χ2v) is 12.3. The molecule has 9 aromatic rings. The maximum absolute atomic E-state index is 4.34. The van der Waals surface area contributed by atoms with E-state index in [0.717, 1.165) is 11.4 Å². The molecule has 9 rings (SSSR count). The predicted molar refractivity (Wildman–Crippen MR) is 190 cm³/mol. The Morgan fingerprint density at radius 1 is 0.455 bits per heavy atom. The maximum Gasteiger partial charge on any atom is 0.0546 e. The highest BCUT2D eigenvalue weighted by atomic mass is 32.1. The molecule has 206 valence electrons. The first-order valence-electron chi connectivity index (χ1n) is 14.9. The molecule has 0 aliphatic carbocycles. The molecule has 0 spiro atoms. The van der Waals surface area contributed by atoms with Crippen molar-refractivity contribution in [2.24, 2.45) is 0 Å². The van der Waals surface area contributed by atoms with Gasteiger partial charge in [0.25, 0.3) is 0 Å². The van der Waals surface area contributed by atoms with Crippen LogP contribution in [0.4, 0.5) is 17.1 Å². The molecule has 0 saturated heterocycles. The zero-order chi connectivity index (χ0) is 29.0. The van der Waals surface area contributed by atoms with Crippen molar-refractivity contribution >= 4 is 80.9 Å². The van der Waals surface area contributed by atoms with Crippen molar-refractivity contribution in [2.45, 2.75) is 0 Å². The van der Waals surface area contributed by atoms with E-state index in [0.29, 0.717) is 0 Å². The highest BCUT2D eigenvalue weighted by molar-refractivity contribution is 7.25. The molecule has 0 fully saturated rings. The van der Waals surface area contributed by atoms with Crippen LogP contribution in [-0.2, 0) is 0 Å². The molecular weight excluding hydrogens is 553 g/mol. The van der Waals surface area contributed by atoms with Gasteiger partial charge in [0, 0.05) is 49.3 Å². The zero-order valence-corrected chi connectivity index (χ0v) is 24.6. The lowest BCUT2D eigenvalue weighted by Gasteiger charge is -2.28. The van der Waals surface area contributed by atoms with Gasteiger partial charge in [-0.05, 0) is 80.5 Å². The number of pyridine rings is 1. The molecule has 7 aromatic carbocycles. The minimum absolute atomic E-state index is 1.12. The fourth-order valence-electron chi connectivity index (χ4n) is 6.65. The van der Waals surface area contributed by atoms with Crippen LogP contribution in [0.5, 0.6) is 0 Å². The van der Waals surface area contributed by atoms with Gasteiger partial charge in [0.2, 0.25) is 0 Å². The monoisotopic (exact) mass is 578 g/mol. The maximum atomic E-state index is 4.34. The van der Waals surface area contributed by atoms with Crippen molar-refractivity contribution in [1.82, 2.24) is 4.98 Å². The summed E-state index contributed by atoms with van der Waals surface area (Å²) in [5.41, 5.74) is 5.85. The van der Waals surface area contributed by atoms with Crippen LogP contribution in [0, 0.1) is 0 Å². The van der Waals surface area contributed by atoms with E-state index in [9.17, 15) is 0 Å². The van der Waals surface area contributed by atoms with Gasteiger partial charge in [-0.15, -0.1) is 11.3 Å². The molecule has 0 amide bonds. The Balaban J connectivity index is 1.21. The van der Waals surface area contributed by atoms with E-state index >= 15 is 0 Å². The Morgan fingerprint density at radius 2 is 1.16 bits per heavy atom. The molecule has 0 atom stereocenters. The quantitative estimate of drug-likeness (QED) is 0.193. The first-order chi connectivity index (χ1) is 21.8. The highest BCUT2D eigenvalue weighted by Crippen LogP contribution is 2.44. The summed E-state index contributed by atoms with van der Waals surface area (Å²) in [7, 11) is 0. The number of anilines is 3. The third-order valence-electron chi connectivity index (χ3n) is 8.71. The topological polar surface area (TPSA) is 16.1 Å². The first-order valence-corrected chi connectivity index (χ1v) is 15.7. The number of para-hydroxylation sites is 1. The summed E-state index contributed by atoms with van der Waals surface area (Å²) in [5, 5.41) is 10.1. The van der Waals surface area contributed by atoms with E-state index in [1.165, 1.54) is 69.3 Å². The van der Waals surface area contributed by atoms with Gasteiger partial charge in [0.1, 0.15) is 0 Å². The van der Waals surface area contributed by atoms with Crippen LogP contribution in [0.2, 0.25) is 0 Å². The van der Waals surface area contributed by atoms with Gasteiger partial charge in [-0.25, -0.2) is 0 Å². The van der Waals surface area contributed by atoms with Crippen LogP contribution < -0.4 is 4.90 Å². The SMILES string of the molecule is c1ccc(N(c2ccc(-c3ccc4c(c3)sc3ccncc34)cc2)c2cc3ccc4ccccc4c3c3ccccc23)cc1. The van der Waals surface area contributed by atoms with Crippen molar-refractivity contribution in [3.63, 3.8) is 0 Å². The zero-order valence-electron chi connectivity index (χ0n) is 23.8. The standard InChI is InChI=1S/C41H26N2S/c1-2-9-31(10-3-1)43(38-24-30-15-14-28-8-4-5-11-33(28)41(30)36-13-7-6-12-34(36)38)32-19-16-27(17-20-32)29-18-21-35-37-26-42-23-22-39(37)44-40(35)25-29/h1-26H. The molecular formula is C41H26N2S. The first kappa shape index (κ1) is 25.0. The minimum Gasteiger partial charge on any atom is -0.310 e. The van der Waals surface area contributed by atoms with Gasteiger partial charge in [0.05, 0.1) is 5.69 Å². The van der Waals surface area contributed by atoms with Gasteiger partial charge in [-0.3, -0.25) is 4.98 Å². The number of nitrogens with zero attached hydrogens (tertiary/aromatic N) is 2. The second kappa shape index (κ2) is 10.0. The summed E-state index contributed by atoms with van der Waals surface area (Å²) in [6.07, 6.45) is 3.84. The third kappa shape index (κ3) is 3.98. The van der Waals surface area contributed by atoms with Crippen LogP contribution >= 0.6 is 11.3 Å². The van der Waals surface area contributed by atoms with Gasteiger partial charge >= 0.3 is 0 Å². The van der Waals surface area contributed by atoms with Crippen LogP contribution in [0.15, 0.2) is 158 Å². The summed E-state index contributed by atoms with van der Waals surface area (Å²) in [4.78, 5) is 6.73. The number of rotatable bonds is 4. The Labute approximate surface area is 259 Å². The number of fused-ring (bicyclic) bond motifs is 8. The van der Waals surface area contributed by atoms with Crippen molar-refractivity contribution in [2.75, 3.05) is 4.90 Å². The van der Waals surface area contributed by atoms with Crippen molar-refractivity contribution in [3.05, 3.63) is 158 Å². The summed E-state index contributed by atoms with van der Waals surface area (Å²) in [6, 6.07) is 52.9. The molecule has 0 radical (unpaired) electrons. The lowest BCUT2D eigenvalue weighted by Crippen LogP contribution is -2.10. The smallest absolute Gasteiger partial charge is 0.0546 e. The van der Waals surface area contributed by atoms with E-state index < -0.39 is 0 Å². The molecule has 0 unspecified atom stereocenters. The molecule has 0 saturated carbocycles. The summed E-state index contributed by atoms with van der Waals surface area (Å²) in [6.45, 7) is 0. The largest absolute Gasteiger partial charge is 0.310 e. The number of hydrogen-bond donors (Lipinski definition) is 0. The van der Waals surface area contributed by atoms with Gasteiger partial charge in [-0.2, -0.15) is 0 Å². The van der Waals surface area contributed by atoms with Gasteiger partial charge in [-0.1, -0.05) is 103 Å². The molecule has 0 aliphatic heterocycles. The molecule has 2 aromatic heterocycles. The lowest BCUT2D eigenvalue weighted by atomic mass is 9.94. The molecule has 0 bridgehead atoms. The Kier molecular flexibility index (Phi) is 5.71. The van der Waals surface area contributed by atoms with Gasteiger partial charge in [0.15, 0.2) is 0 Å². The Morgan fingerprint density at radius 3 is 2.02 bits per heavy atom. The van der Waals surface area contributed by atoms with Crippen LogP contribution in [0.25, 0.3) is 63.6 Å². The number of benzene rings is 7. The molecule has 3 heteroatoms. The van der Waals surface area contributed by atoms with Crippen LogP contribution in [-0.4, -0.2) is 4.98 Å². The average molecular weight is 579 g/mol. The molecule has 0 aliphatic rings. The summed E-state index contributed by atoms with van der Waals surface area (Å²) < 4.78 is 2.56. The van der Waals surface area contributed by atoms with Crippen molar-refractivity contribution in [1.29, 1.82) is 0 Å². The second-order valence-electron chi connectivity index (χ2n) is 11.2. The van der Waals surface area contributed by atoms with E-state index in [1.807, 2.05) is 23.7 Å². The average Bonchev–Trinajstić information content (AvgIpc) is 3.47. The third-order valence-corrected chi connectivity index (χ3v) is 9.85. The van der Waals surface area contributed by atoms with E-state index in [4.69, 9.17) is 0 Å². The van der Waals surface area contributed by atoms with E-state index in [1.54, 1.807) is 0 Å². The molecule has 2 heterocycles. The Bertz CT molecular complexity index is 2490. The number of hydrogen-bond acceptors (Lipinski definition) is 3. The lowest BCUT2D eigenvalue weighted by molar-refractivity contribution is 1.30. The summed E-state index contributed by atoms with van der Waals surface area (Å²) in [5.74, 6) is 0. The number of thiophene rings is 1.